The van der Waals surface area contributed by atoms with Crippen molar-refractivity contribution >= 4 is 23.1 Å². The molecule has 32 heavy (non-hydrogen) atoms. The number of alkyl halides is 3. The van der Waals surface area contributed by atoms with Crippen LogP contribution in [-0.2, 0) is 6.18 Å². The van der Waals surface area contributed by atoms with Gasteiger partial charge in [0.15, 0.2) is 0 Å². The number of piperidine rings is 1. The molecule has 1 saturated heterocycles. The summed E-state index contributed by atoms with van der Waals surface area (Å²) in [6, 6.07) is 12.1. The van der Waals surface area contributed by atoms with Crippen LogP contribution in [0.3, 0.4) is 0 Å². The van der Waals surface area contributed by atoms with Gasteiger partial charge in [-0.25, -0.2) is 4.99 Å². The summed E-state index contributed by atoms with van der Waals surface area (Å²) in [6.45, 7) is 9.21. The minimum atomic E-state index is -4.50. The van der Waals surface area contributed by atoms with Crippen LogP contribution in [0.2, 0.25) is 5.02 Å². The molecule has 0 aromatic heterocycles. The predicted molar refractivity (Wildman–Crippen MR) is 124 cm³/mol. The second-order valence-electron chi connectivity index (χ2n) is 9.11. The van der Waals surface area contributed by atoms with Crippen LogP contribution in [0.25, 0.3) is 0 Å². The Morgan fingerprint density at radius 1 is 1.16 bits per heavy atom. The molecular weight excluding hydrogens is 435 g/mol. The lowest BCUT2D eigenvalue weighted by Gasteiger charge is -2.43. The Balaban J connectivity index is 1.74. The molecule has 2 aliphatic rings. The van der Waals surface area contributed by atoms with Crippen LogP contribution in [0.15, 0.2) is 47.5 Å². The molecule has 0 radical (unpaired) electrons. The number of aliphatic imine (C=N–C) groups is 1. The average Bonchev–Trinajstić information content (AvgIpc) is 2.74. The first-order valence-electron chi connectivity index (χ1n) is 11.2. The number of hydrogen-bond donors (Lipinski definition) is 0. The standard InChI is InChI=1S/C25H29ClF3N3/c1-16(2)31-12-6-7-18(14-31)15-32-17(3)30-23-9-5-4-8-20(23)24(32)19-10-11-22(26)21(13-19)25(27,28)29/h4-5,8-11,13,16,18,24H,6-7,12,14-15H2,1-3H3/t18-,24?/m0/s1. The zero-order valence-electron chi connectivity index (χ0n) is 18.7. The number of halogens is 4. The second kappa shape index (κ2) is 9.06. The predicted octanol–water partition coefficient (Wildman–Crippen LogP) is 6.93. The fourth-order valence-electron chi connectivity index (χ4n) is 4.93. The van der Waals surface area contributed by atoms with Gasteiger partial charge in [0.2, 0.25) is 0 Å². The van der Waals surface area contributed by atoms with Gasteiger partial charge in [0.05, 0.1) is 22.3 Å². The van der Waals surface area contributed by atoms with E-state index in [4.69, 9.17) is 16.6 Å². The smallest absolute Gasteiger partial charge is 0.349 e. The first kappa shape index (κ1) is 23.1. The molecule has 0 aliphatic carbocycles. The quantitative estimate of drug-likeness (QED) is 0.489. The lowest BCUT2D eigenvalue weighted by atomic mass is 9.90. The number of rotatable bonds is 4. The third-order valence-electron chi connectivity index (χ3n) is 6.59. The molecule has 2 aromatic rings. The maximum atomic E-state index is 13.6. The van der Waals surface area contributed by atoms with Gasteiger partial charge in [-0.05, 0) is 69.8 Å². The van der Waals surface area contributed by atoms with Crippen LogP contribution in [-0.4, -0.2) is 41.3 Å². The van der Waals surface area contributed by atoms with Gasteiger partial charge in [-0.3, -0.25) is 0 Å². The highest BCUT2D eigenvalue weighted by Crippen LogP contribution is 2.43. The zero-order valence-corrected chi connectivity index (χ0v) is 19.4. The Hall–Kier alpha value is -2.05. The number of likely N-dealkylation sites (tertiary alicyclic amines) is 1. The van der Waals surface area contributed by atoms with Gasteiger partial charge in [0.1, 0.15) is 5.84 Å². The van der Waals surface area contributed by atoms with Crippen molar-refractivity contribution in [3.63, 3.8) is 0 Å². The molecule has 0 amide bonds. The monoisotopic (exact) mass is 463 g/mol. The highest BCUT2D eigenvalue weighted by molar-refractivity contribution is 6.31. The number of para-hydroxylation sites is 1. The van der Waals surface area contributed by atoms with Crippen LogP contribution in [0, 0.1) is 5.92 Å². The molecule has 2 aromatic carbocycles. The lowest BCUT2D eigenvalue weighted by molar-refractivity contribution is -0.137. The van der Waals surface area contributed by atoms with Gasteiger partial charge in [-0.2, -0.15) is 13.2 Å². The molecule has 0 spiro atoms. The minimum Gasteiger partial charge on any atom is -0.349 e. The highest BCUT2D eigenvalue weighted by Gasteiger charge is 2.37. The molecule has 172 valence electrons. The fraction of sp³-hybridized carbons (Fsp3) is 0.480. The van der Waals surface area contributed by atoms with E-state index < -0.39 is 11.7 Å². The van der Waals surface area contributed by atoms with Crippen molar-refractivity contribution in [2.75, 3.05) is 19.6 Å². The number of nitrogens with zero attached hydrogens (tertiary/aromatic N) is 3. The normalized spacial score (nSPS) is 22.1. The van der Waals surface area contributed by atoms with Crippen molar-refractivity contribution in [1.29, 1.82) is 0 Å². The molecule has 1 unspecified atom stereocenters. The van der Waals surface area contributed by atoms with E-state index in [0.29, 0.717) is 17.5 Å². The van der Waals surface area contributed by atoms with Crippen LogP contribution < -0.4 is 0 Å². The summed E-state index contributed by atoms with van der Waals surface area (Å²) in [5, 5.41) is -0.276. The number of benzene rings is 2. The van der Waals surface area contributed by atoms with Crippen molar-refractivity contribution < 1.29 is 13.2 Å². The van der Waals surface area contributed by atoms with E-state index in [-0.39, 0.29) is 11.1 Å². The molecule has 0 saturated carbocycles. The van der Waals surface area contributed by atoms with Gasteiger partial charge in [-0.15, -0.1) is 0 Å². The third-order valence-corrected chi connectivity index (χ3v) is 6.92. The summed E-state index contributed by atoms with van der Waals surface area (Å²) in [5.41, 5.74) is 1.52. The molecule has 1 fully saturated rings. The van der Waals surface area contributed by atoms with Gasteiger partial charge >= 0.3 is 6.18 Å². The Morgan fingerprint density at radius 3 is 2.62 bits per heavy atom. The van der Waals surface area contributed by atoms with E-state index in [1.165, 1.54) is 12.1 Å². The Labute approximate surface area is 192 Å². The average molecular weight is 464 g/mol. The summed E-state index contributed by atoms with van der Waals surface area (Å²) in [4.78, 5) is 9.46. The van der Waals surface area contributed by atoms with E-state index >= 15 is 0 Å². The molecule has 0 N–H and O–H groups in total. The van der Waals surface area contributed by atoms with Gasteiger partial charge in [0, 0.05) is 24.7 Å². The fourth-order valence-corrected chi connectivity index (χ4v) is 5.16. The molecule has 3 nitrogen and oxygen atoms in total. The summed E-state index contributed by atoms with van der Waals surface area (Å²) >= 11 is 5.92. The Kier molecular flexibility index (Phi) is 6.55. The van der Waals surface area contributed by atoms with Crippen LogP contribution in [0.1, 0.15) is 56.3 Å². The Morgan fingerprint density at radius 2 is 1.91 bits per heavy atom. The van der Waals surface area contributed by atoms with Crippen LogP contribution in [0.5, 0.6) is 0 Å². The van der Waals surface area contributed by atoms with Crippen molar-refractivity contribution in [2.24, 2.45) is 10.9 Å². The van der Waals surface area contributed by atoms with Gasteiger partial charge in [0.25, 0.3) is 0 Å². The topological polar surface area (TPSA) is 18.8 Å². The second-order valence-corrected chi connectivity index (χ2v) is 9.51. The summed E-state index contributed by atoms with van der Waals surface area (Å²) in [7, 11) is 0. The van der Waals surface area contributed by atoms with Crippen molar-refractivity contribution in [3.8, 4) is 0 Å². The van der Waals surface area contributed by atoms with Crippen molar-refractivity contribution in [2.45, 2.75) is 51.9 Å². The molecular formula is C25H29ClF3N3. The van der Waals surface area contributed by atoms with Crippen LogP contribution in [0.4, 0.5) is 18.9 Å². The van der Waals surface area contributed by atoms with E-state index in [9.17, 15) is 13.2 Å². The summed E-state index contributed by atoms with van der Waals surface area (Å²) in [6.07, 6.45) is -2.26. The first-order chi connectivity index (χ1) is 15.1. The largest absolute Gasteiger partial charge is 0.417 e. The molecule has 2 aliphatic heterocycles. The third kappa shape index (κ3) is 4.67. The first-order valence-corrected chi connectivity index (χ1v) is 11.5. The SMILES string of the molecule is CC1=Nc2ccccc2C(c2ccc(Cl)c(C(F)(F)F)c2)N1C[C@H]1CCCN(C(C)C)C1. The van der Waals surface area contributed by atoms with Gasteiger partial charge in [-0.1, -0.05) is 35.9 Å². The van der Waals surface area contributed by atoms with E-state index in [1.54, 1.807) is 6.07 Å². The maximum absolute atomic E-state index is 13.6. The molecule has 2 heterocycles. The van der Waals surface area contributed by atoms with E-state index in [0.717, 1.165) is 49.6 Å². The molecule has 7 heteroatoms. The number of fused-ring (bicyclic) bond motifs is 1. The number of hydrogen-bond acceptors (Lipinski definition) is 3. The van der Waals surface area contributed by atoms with Crippen molar-refractivity contribution in [1.82, 2.24) is 9.80 Å². The summed E-state index contributed by atoms with van der Waals surface area (Å²) in [5.74, 6) is 1.26. The van der Waals surface area contributed by atoms with Crippen LogP contribution >= 0.6 is 11.6 Å². The molecule has 0 bridgehead atoms. The number of amidine groups is 1. The molecule has 4 rings (SSSR count). The van der Waals surface area contributed by atoms with E-state index in [1.807, 2.05) is 31.2 Å². The van der Waals surface area contributed by atoms with Gasteiger partial charge < -0.3 is 9.80 Å². The van der Waals surface area contributed by atoms with E-state index in [2.05, 4.69) is 23.6 Å². The molecule has 2 atom stereocenters. The highest BCUT2D eigenvalue weighted by atomic mass is 35.5. The maximum Gasteiger partial charge on any atom is 0.417 e. The lowest BCUT2D eigenvalue weighted by Crippen LogP contribution is -2.46. The van der Waals surface area contributed by atoms with Crippen molar-refractivity contribution in [3.05, 3.63) is 64.2 Å². The minimum absolute atomic E-state index is 0.276. The summed E-state index contributed by atoms with van der Waals surface area (Å²) < 4.78 is 40.9. The zero-order chi connectivity index (χ0) is 23.0. The Bertz CT molecular complexity index is 1000.